The predicted octanol–water partition coefficient (Wildman–Crippen LogP) is 2.42. The van der Waals surface area contributed by atoms with Gasteiger partial charge in [0.25, 0.3) is 0 Å². The lowest BCUT2D eigenvalue weighted by molar-refractivity contribution is 0.0854. The van der Waals surface area contributed by atoms with Crippen molar-refractivity contribution in [1.29, 1.82) is 0 Å². The molecule has 1 aliphatic heterocycles. The Morgan fingerprint density at radius 2 is 2.08 bits per heavy atom. The van der Waals surface area contributed by atoms with Crippen molar-refractivity contribution in [3.63, 3.8) is 0 Å². The van der Waals surface area contributed by atoms with Gasteiger partial charge in [-0.05, 0) is 30.5 Å². The number of fused-ring (bicyclic) bond motifs is 1. The normalized spacial score (nSPS) is 16.0. The summed E-state index contributed by atoms with van der Waals surface area (Å²) in [4.78, 5) is 11.1. The molecule has 8 heteroatoms. The average molecular weight is 347 g/mol. The number of anilines is 1. The molecule has 4 rings (SSSR count). The number of aryl methyl sites for hydroxylation is 1. The van der Waals surface area contributed by atoms with Crippen LogP contribution in [0.15, 0.2) is 24.7 Å². The van der Waals surface area contributed by atoms with E-state index in [4.69, 9.17) is 16.3 Å². The van der Waals surface area contributed by atoms with Gasteiger partial charge >= 0.3 is 0 Å². The van der Waals surface area contributed by atoms with Crippen LogP contribution >= 0.6 is 11.6 Å². The standard InChI is InChI=1S/C16H19ClN6O/c1-21-10-12(9-18-21)23-6-3-13-14(23)15(20-16(17)19-13)22(2)11-4-7-24-8-5-11/h3,6,9-11H,4-5,7-8H2,1-2H3. The van der Waals surface area contributed by atoms with Crippen molar-refractivity contribution in [2.75, 3.05) is 25.2 Å². The Morgan fingerprint density at radius 3 is 2.79 bits per heavy atom. The molecule has 0 aliphatic carbocycles. The summed E-state index contributed by atoms with van der Waals surface area (Å²) in [6, 6.07) is 2.34. The first kappa shape index (κ1) is 15.4. The summed E-state index contributed by atoms with van der Waals surface area (Å²) in [5.74, 6) is 0.839. The number of halogens is 1. The highest BCUT2D eigenvalue weighted by molar-refractivity contribution is 6.28. The molecule has 0 spiro atoms. The zero-order valence-electron chi connectivity index (χ0n) is 13.7. The minimum Gasteiger partial charge on any atom is -0.381 e. The number of aromatic nitrogens is 5. The highest BCUT2D eigenvalue weighted by Gasteiger charge is 2.24. The number of rotatable bonds is 3. The molecule has 0 N–H and O–H groups in total. The van der Waals surface area contributed by atoms with Gasteiger partial charge < -0.3 is 14.2 Å². The predicted molar refractivity (Wildman–Crippen MR) is 92.9 cm³/mol. The molecule has 7 nitrogen and oxygen atoms in total. The summed E-state index contributed by atoms with van der Waals surface area (Å²) in [5, 5.41) is 4.52. The molecule has 1 saturated heterocycles. The molecule has 4 heterocycles. The fourth-order valence-corrected chi connectivity index (χ4v) is 3.41. The SMILES string of the molecule is CN(c1nc(Cl)nc2ccn(-c3cnn(C)c3)c12)C1CCOCC1. The molecular weight excluding hydrogens is 328 g/mol. The molecule has 24 heavy (non-hydrogen) atoms. The van der Waals surface area contributed by atoms with E-state index < -0.39 is 0 Å². The Labute approximate surface area is 144 Å². The molecule has 126 valence electrons. The second-order valence-electron chi connectivity index (χ2n) is 6.06. The second kappa shape index (κ2) is 6.07. The lowest BCUT2D eigenvalue weighted by Crippen LogP contribution is -2.37. The van der Waals surface area contributed by atoms with Crippen molar-refractivity contribution < 1.29 is 4.74 Å². The summed E-state index contributed by atoms with van der Waals surface area (Å²) in [6.07, 6.45) is 7.73. The van der Waals surface area contributed by atoms with Crippen LogP contribution in [0.25, 0.3) is 16.7 Å². The fraction of sp³-hybridized carbons (Fsp3) is 0.438. The van der Waals surface area contributed by atoms with Crippen LogP contribution < -0.4 is 4.90 Å². The van der Waals surface area contributed by atoms with Crippen LogP contribution in [0.5, 0.6) is 0 Å². The van der Waals surface area contributed by atoms with E-state index in [9.17, 15) is 0 Å². The molecule has 0 saturated carbocycles. The average Bonchev–Trinajstić information content (AvgIpc) is 3.20. The van der Waals surface area contributed by atoms with Crippen molar-refractivity contribution >= 4 is 28.5 Å². The number of nitrogens with zero attached hydrogens (tertiary/aromatic N) is 6. The summed E-state index contributed by atoms with van der Waals surface area (Å²) in [7, 11) is 3.96. The van der Waals surface area contributed by atoms with Gasteiger partial charge in [-0.15, -0.1) is 0 Å². The van der Waals surface area contributed by atoms with E-state index in [0.717, 1.165) is 48.6 Å². The van der Waals surface area contributed by atoms with Crippen molar-refractivity contribution in [3.05, 3.63) is 29.9 Å². The molecular formula is C16H19ClN6O. The Bertz CT molecular complexity index is 867. The van der Waals surface area contributed by atoms with Crippen LogP contribution in [-0.2, 0) is 11.8 Å². The lowest BCUT2D eigenvalue weighted by Gasteiger charge is -2.32. The number of hydrogen-bond acceptors (Lipinski definition) is 5. The van der Waals surface area contributed by atoms with E-state index in [1.54, 1.807) is 4.68 Å². The van der Waals surface area contributed by atoms with Crippen molar-refractivity contribution in [2.45, 2.75) is 18.9 Å². The van der Waals surface area contributed by atoms with Crippen LogP contribution in [0, 0.1) is 0 Å². The largest absolute Gasteiger partial charge is 0.381 e. The molecule has 0 atom stereocenters. The van der Waals surface area contributed by atoms with Crippen molar-refractivity contribution in [3.8, 4) is 5.69 Å². The Kier molecular flexibility index (Phi) is 3.90. The molecule has 0 unspecified atom stereocenters. The van der Waals surface area contributed by atoms with E-state index in [1.165, 1.54) is 0 Å². The van der Waals surface area contributed by atoms with E-state index >= 15 is 0 Å². The van der Waals surface area contributed by atoms with E-state index in [0.29, 0.717) is 6.04 Å². The molecule has 0 aromatic carbocycles. The van der Waals surface area contributed by atoms with E-state index in [-0.39, 0.29) is 5.28 Å². The second-order valence-corrected chi connectivity index (χ2v) is 6.40. The molecule has 0 radical (unpaired) electrons. The summed E-state index contributed by atoms with van der Waals surface area (Å²) >= 11 is 6.17. The maximum Gasteiger partial charge on any atom is 0.225 e. The maximum atomic E-state index is 6.17. The first-order valence-corrected chi connectivity index (χ1v) is 8.35. The van der Waals surface area contributed by atoms with E-state index in [1.807, 2.05) is 31.7 Å². The Hall–Kier alpha value is -2.12. The first-order chi connectivity index (χ1) is 11.6. The zero-order chi connectivity index (χ0) is 16.7. The highest BCUT2D eigenvalue weighted by Crippen LogP contribution is 2.30. The van der Waals surface area contributed by atoms with Gasteiger partial charge in [0.1, 0.15) is 5.52 Å². The van der Waals surface area contributed by atoms with Crippen LogP contribution in [0.2, 0.25) is 5.28 Å². The summed E-state index contributed by atoms with van der Waals surface area (Å²) in [6.45, 7) is 1.56. The van der Waals surface area contributed by atoms with Crippen LogP contribution in [-0.4, -0.2) is 50.6 Å². The minimum atomic E-state index is 0.264. The number of hydrogen-bond donors (Lipinski definition) is 0. The third-order valence-corrected chi connectivity index (χ3v) is 4.70. The van der Waals surface area contributed by atoms with Gasteiger partial charge in [-0.2, -0.15) is 10.1 Å². The van der Waals surface area contributed by atoms with Crippen molar-refractivity contribution in [2.24, 2.45) is 7.05 Å². The molecule has 1 aliphatic rings. The van der Waals surface area contributed by atoms with Gasteiger partial charge in [-0.25, -0.2) is 4.98 Å². The lowest BCUT2D eigenvalue weighted by atomic mass is 10.1. The summed E-state index contributed by atoms with van der Waals surface area (Å²) < 4.78 is 9.31. The van der Waals surface area contributed by atoms with Crippen LogP contribution in [0.3, 0.4) is 0 Å². The zero-order valence-corrected chi connectivity index (χ0v) is 14.4. The van der Waals surface area contributed by atoms with Gasteiger partial charge in [0.15, 0.2) is 5.82 Å². The third kappa shape index (κ3) is 2.63. The molecule has 3 aromatic heterocycles. The third-order valence-electron chi connectivity index (χ3n) is 4.53. The molecule has 1 fully saturated rings. The molecule has 3 aromatic rings. The van der Waals surface area contributed by atoms with Gasteiger partial charge in [0, 0.05) is 45.7 Å². The smallest absolute Gasteiger partial charge is 0.225 e. The Morgan fingerprint density at radius 1 is 1.29 bits per heavy atom. The minimum absolute atomic E-state index is 0.264. The molecule has 0 amide bonds. The summed E-state index contributed by atoms with van der Waals surface area (Å²) in [5.41, 5.74) is 2.74. The van der Waals surface area contributed by atoms with Crippen LogP contribution in [0.1, 0.15) is 12.8 Å². The van der Waals surface area contributed by atoms with Gasteiger partial charge in [0.05, 0.1) is 17.4 Å². The molecule has 0 bridgehead atoms. The maximum absolute atomic E-state index is 6.17. The monoisotopic (exact) mass is 346 g/mol. The van der Waals surface area contributed by atoms with Crippen molar-refractivity contribution in [1.82, 2.24) is 24.3 Å². The van der Waals surface area contributed by atoms with Gasteiger partial charge in [-0.1, -0.05) is 0 Å². The van der Waals surface area contributed by atoms with Crippen LogP contribution in [0.4, 0.5) is 5.82 Å². The van der Waals surface area contributed by atoms with E-state index in [2.05, 4.69) is 31.6 Å². The number of ether oxygens (including phenoxy) is 1. The quantitative estimate of drug-likeness (QED) is 0.682. The topological polar surface area (TPSA) is 61.0 Å². The van der Waals surface area contributed by atoms with Gasteiger partial charge in [0.2, 0.25) is 5.28 Å². The highest BCUT2D eigenvalue weighted by atomic mass is 35.5. The van der Waals surface area contributed by atoms with Gasteiger partial charge in [-0.3, -0.25) is 4.68 Å². The fourth-order valence-electron chi connectivity index (χ4n) is 3.24. The first-order valence-electron chi connectivity index (χ1n) is 7.97. The Balaban J connectivity index is 1.85.